The van der Waals surface area contributed by atoms with Gasteiger partial charge in [0, 0.05) is 43.7 Å². The topological polar surface area (TPSA) is 32.5 Å². The van der Waals surface area contributed by atoms with E-state index >= 15 is 0 Å². The number of hydrogen-bond donors (Lipinski definition) is 1. The number of piperidine rings is 1. The van der Waals surface area contributed by atoms with Gasteiger partial charge in [0.2, 0.25) is 0 Å². The molecule has 0 bridgehead atoms. The smallest absolute Gasteiger partial charge is 0.0120 e. The summed E-state index contributed by atoms with van der Waals surface area (Å²) in [6.07, 6.45) is 2.70. The lowest BCUT2D eigenvalue weighted by molar-refractivity contribution is 0.118. The van der Waals surface area contributed by atoms with Crippen LogP contribution in [0.3, 0.4) is 0 Å². The minimum Gasteiger partial charge on any atom is -0.329 e. The first-order valence-electron chi connectivity index (χ1n) is 6.14. The van der Waals surface area contributed by atoms with Crippen molar-refractivity contribution in [3.05, 3.63) is 0 Å². The zero-order chi connectivity index (χ0) is 10.5. The standard InChI is InChI=1S/C11H23N3S/c12-3-6-13-4-1-11(2-5-13)14-7-9-15-10-8-14/h11H,1-10,12H2. The van der Waals surface area contributed by atoms with Crippen LogP contribution in [0.1, 0.15) is 12.8 Å². The van der Waals surface area contributed by atoms with E-state index in [9.17, 15) is 0 Å². The second kappa shape index (κ2) is 6.09. The molecule has 0 aromatic rings. The van der Waals surface area contributed by atoms with Crippen LogP contribution in [0.5, 0.6) is 0 Å². The summed E-state index contributed by atoms with van der Waals surface area (Å²) in [4.78, 5) is 5.21. The lowest BCUT2D eigenvalue weighted by Crippen LogP contribution is -2.48. The van der Waals surface area contributed by atoms with Gasteiger partial charge in [-0.15, -0.1) is 0 Å². The Morgan fingerprint density at radius 3 is 2.33 bits per heavy atom. The van der Waals surface area contributed by atoms with Crippen molar-refractivity contribution in [3.63, 3.8) is 0 Å². The second-order valence-corrected chi connectivity index (χ2v) is 5.73. The lowest BCUT2D eigenvalue weighted by Gasteiger charge is -2.40. The molecular weight excluding hydrogens is 206 g/mol. The van der Waals surface area contributed by atoms with Crippen LogP contribution < -0.4 is 5.73 Å². The largest absolute Gasteiger partial charge is 0.329 e. The van der Waals surface area contributed by atoms with Crippen LogP contribution in [0.2, 0.25) is 0 Å². The van der Waals surface area contributed by atoms with Gasteiger partial charge in [-0.25, -0.2) is 0 Å². The molecule has 0 aliphatic carbocycles. The highest BCUT2D eigenvalue weighted by Gasteiger charge is 2.24. The maximum atomic E-state index is 5.58. The van der Waals surface area contributed by atoms with Crippen molar-refractivity contribution in [1.29, 1.82) is 0 Å². The van der Waals surface area contributed by atoms with E-state index < -0.39 is 0 Å². The third-order valence-corrected chi connectivity index (χ3v) is 4.51. The minimum absolute atomic E-state index is 0.811. The second-order valence-electron chi connectivity index (χ2n) is 4.51. The molecule has 2 N–H and O–H groups in total. The summed E-state index contributed by atoms with van der Waals surface area (Å²) in [5.41, 5.74) is 5.58. The quantitative estimate of drug-likeness (QED) is 0.762. The van der Waals surface area contributed by atoms with Crippen LogP contribution >= 0.6 is 11.8 Å². The summed E-state index contributed by atoms with van der Waals surface area (Å²) in [5, 5.41) is 0. The van der Waals surface area contributed by atoms with Gasteiger partial charge in [0.05, 0.1) is 0 Å². The third kappa shape index (κ3) is 3.34. The molecule has 4 heteroatoms. The maximum Gasteiger partial charge on any atom is 0.0120 e. The molecule has 88 valence electrons. The van der Waals surface area contributed by atoms with Crippen LogP contribution in [0, 0.1) is 0 Å². The maximum absolute atomic E-state index is 5.58. The SMILES string of the molecule is NCCN1CCC(N2CCSCC2)CC1. The van der Waals surface area contributed by atoms with Crippen molar-refractivity contribution in [2.75, 3.05) is 50.8 Å². The van der Waals surface area contributed by atoms with Gasteiger partial charge in [-0.3, -0.25) is 4.90 Å². The van der Waals surface area contributed by atoms with Gasteiger partial charge >= 0.3 is 0 Å². The molecule has 0 aromatic heterocycles. The molecule has 0 spiro atoms. The van der Waals surface area contributed by atoms with Gasteiger partial charge in [0.15, 0.2) is 0 Å². The lowest BCUT2D eigenvalue weighted by atomic mass is 10.0. The predicted octanol–water partition coefficient (Wildman–Crippen LogP) is 0.458. The summed E-state index contributed by atoms with van der Waals surface area (Å²) in [7, 11) is 0. The zero-order valence-corrected chi connectivity index (χ0v) is 10.3. The highest BCUT2D eigenvalue weighted by molar-refractivity contribution is 7.99. The molecule has 15 heavy (non-hydrogen) atoms. The number of nitrogens with two attached hydrogens (primary N) is 1. The fourth-order valence-corrected chi connectivity index (χ4v) is 3.56. The van der Waals surface area contributed by atoms with Gasteiger partial charge in [-0.1, -0.05) is 0 Å². The van der Waals surface area contributed by atoms with Crippen molar-refractivity contribution in [1.82, 2.24) is 9.80 Å². The molecule has 0 radical (unpaired) electrons. The van der Waals surface area contributed by atoms with Crippen molar-refractivity contribution in [2.45, 2.75) is 18.9 Å². The van der Waals surface area contributed by atoms with Crippen LogP contribution in [0.15, 0.2) is 0 Å². The summed E-state index contributed by atoms with van der Waals surface area (Å²) in [5.74, 6) is 2.67. The Bertz CT molecular complexity index is 175. The molecule has 0 unspecified atom stereocenters. The highest BCUT2D eigenvalue weighted by atomic mass is 32.2. The predicted molar refractivity (Wildman–Crippen MR) is 67.4 cm³/mol. The number of hydrogen-bond acceptors (Lipinski definition) is 4. The Morgan fingerprint density at radius 2 is 1.73 bits per heavy atom. The first-order valence-corrected chi connectivity index (χ1v) is 7.30. The van der Waals surface area contributed by atoms with Crippen LogP contribution in [0.25, 0.3) is 0 Å². The number of likely N-dealkylation sites (tertiary alicyclic amines) is 1. The number of thioether (sulfide) groups is 1. The molecule has 0 amide bonds. The molecule has 0 saturated carbocycles. The molecule has 2 aliphatic rings. The van der Waals surface area contributed by atoms with Crippen molar-refractivity contribution < 1.29 is 0 Å². The monoisotopic (exact) mass is 229 g/mol. The van der Waals surface area contributed by atoms with Crippen LogP contribution in [0.4, 0.5) is 0 Å². The Balaban J connectivity index is 1.72. The van der Waals surface area contributed by atoms with Gasteiger partial charge in [0.25, 0.3) is 0 Å². The highest BCUT2D eigenvalue weighted by Crippen LogP contribution is 2.20. The van der Waals surface area contributed by atoms with Gasteiger partial charge in [-0.05, 0) is 25.9 Å². The molecule has 3 nitrogen and oxygen atoms in total. The van der Waals surface area contributed by atoms with Crippen LogP contribution in [-0.4, -0.2) is 66.6 Å². The van der Waals surface area contributed by atoms with E-state index in [2.05, 4.69) is 21.6 Å². The molecule has 0 atom stereocenters. The zero-order valence-electron chi connectivity index (χ0n) is 9.53. The number of rotatable bonds is 3. The summed E-state index contributed by atoms with van der Waals surface area (Å²) in [6.45, 7) is 7.03. The van der Waals surface area contributed by atoms with E-state index in [1.807, 2.05) is 0 Å². The van der Waals surface area contributed by atoms with E-state index in [1.54, 1.807) is 0 Å². The molecule has 2 fully saturated rings. The van der Waals surface area contributed by atoms with Gasteiger partial charge in [0.1, 0.15) is 0 Å². The van der Waals surface area contributed by atoms with E-state index in [0.29, 0.717) is 0 Å². The Hall–Kier alpha value is 0.230. The summed E-state index contributed by atoms with van der Waals surface area (Å²) >= 11 is 2.10. The minimum atomic E-state index is 0.811. The van der Waals surface area contributed by atoms with E-state index in [-0.39, 0.29) is 0 Å². The average Bonchev–Trinajstić information content (AvgIpc) is 2.32. The van der Waals surface area contributed by atoms with Crippen molar-refractivity contribution in [2.24, 2.45) is 5.73 Å². The summed E-state index contributed by atoms with van der Waals surface area (Å²) in [6, 6.07) is 0.861. The Morgan fingerprint density at radius 1 is 1.07 bits per heavy atom. The van der Waals surface area contributed by atoms with Crippen molar-refractivity contribution >= 4 is 11.8 Å². The van der Waals surface area contributed by atoms with Gasteiger partial charge < -0.3 is 10.6 Å². The van der Waals surface area contributed by atoms with Crippen LogP contribution in [-0.2, 0) is 0 Å². The van der Waals surface area contributed by atoms with Gasteiger partial charge in [-0.2, -0.15) is 11.8 Å². The van der Waals surface area contributed by atoms with E-state index in [0.717, 1.165) is 19.1 Å². The normalized spacial score (nSPS) is 27.0. The fourth-order valence-electron chi connectivity index (χ4n) is 2.63. The molecule has 2 heterocycles. The van der Waals surface area contributed by atoms with Crippen molar-refractivity contribution in [3.8, 4) is 0 Å². The summed E-state index contributed by atoms with van der Waals surface area (Å²) < 4.78 is 0. The average molecular weight is 229 g/mol. The molecule has 2 saturated heterocycles. The fraction of sp³-hybridized carbons (Fsp3) is 1.00. The Kier molecular flexibility index (Phi) is 4.75. The molecule has 2 aliphatic heterocycles. The molecule has 0 aromatic carbocycles. The Labute approximate surface area is 97.4 Å². The first-order chi connectivity index (χ1) is 7.40. The molecular formula is C11H23N3S. The van der Waals surface area contributed by atoms with E-state index in [4.69, 9.17) is 5.73 Å². The molecule has 2 rings (SSSR count). The first kappa shape index (κ1) is 11.7. The van der Waals surface area contributed by atoms with E-state index in [1.165, 1.54) is 50.5 Å². The number of nitrogens with zero attached hydrogens (tertiary/aromatic N) is 2. The third-order valence-electron chi connectivity index (χ3n) is 3.56.